The van der Waals surface area contributed by atoms with E-state index in [1.165, 1.54) is 21.8 Å². The van der Waals surface area contributed by atoms with Crippen molar-refractivity contribution in [2.45, 2.75) is 58.8 Å². The summed E-state index contributed by atoms with van der Waals surface area (Å²) >= 11 is 1.50. The Labute approximate surface area is 180 Å². The minimum absolute atomic E-state index is 0.0110. The number of esters is 1. The Hall–Kier alpha value is -2.60. The molecule has 6 heteroatoms. The van der Waals surface area contributed by atoms with Crippen molar-refractivity contribution in [2.24, 2.45) is 0 Å². The summed E-state index contributed by atoms with van der Waals surface area (Å²) in [5.74, 6) is -0.514. The number of benzene rings is 1. The third-order valence-corrected chi connectivity index (χ3v) is 6.73. The van der Waals surface area contributed by atoms with Gasteiger partial charge in [0.1, 0.15) is 10.6 Å². The monoisotopic (exact) mass is 425 g/mol. The summed E-state index contributed by atoms with van der Waals surface area (Å²) in [5, 5.41) is 4.52. The summed E-state index contributed by atoms with van der Waals surface area (Å²) in [4.78, 5) is 26.6. The fourth-order valence-corrected chi connectivity index (χ4v) is 5.23. The molecule has 30 heavy (non-hydrogen) atoms. The van der Waals surface area contributed by atoms with Crippen LogP contribution in [-0.4, -0.2) is 18.5 Å². The number of amides is 1. The van der Waals surface area contributed by atoms with Gasteiger partial charge in [0.25, 0.3) is 0 Å². The van der Waals surface area contributed by atoms with Gasteiger partial charge in [0.15, 0.2) is 0 Å². The quantitative estimate of drug-likeness (QED) is 0.537. The lowest BCUT2D eigenvalue weighted by Crippen LogP contribution is -2.17. The molecule has 0 spiro atoms. The summed E-state index contributed by atoms with van der Waals surface area (Å²) in [6, 6.07) is 6.12. The number of thiophene rings is 1. The van der Waals surface area contributed by atoms with E-state index in [9.17, 15) is 9.59 Å². The molecule has 1 aliphatic rings. The van der Waals surface area contributed by atoms with E-state index < -0.39 is 0 Å². The van der Waals surface area contributed by atoms with Gasteiger partial charge in [-0.1, -0.05) is 26.8 Å². The molecule has 0 radical (unpaired) electrons. The molecule has 1 N–H and O–H groups in total. The molecule has 0 atom stereocenters. The molecule has 1 amide bonds. The van der Waals surface area contributed by atoms with E-state index in [-0.39, 0.29) is 23.7 Å². The molecule has 0 bridgehead atoms. The first-order valence-corrected chi connectivity index (χ1v) is 11.2. The zero-order chi connectivity index (χ0) is 21.5. The van der Waals surface area contributed by atoms with Crippen molar-refractivity contribution >= 4 is 39.2 Å². The molecule has 5 nitrogen and oxygen atoms in total. The van der Waals surface area contributed by atoms with Crippen LogP contribution in [-0.2, 0) is 34.2 Å². The molecule has 2 heterocycles. The fourth-order valence-electron chi connectivity index (χ4n) is 3.94. The molecule has 2 aromatic heterocycles. The number of rotatable bonds is 5. The minimum Gasteiger partial charge on any atom is -0.464 e. The van der Waals surface area contributed by atoms with E-state index in [2.05, 4.69) is 38.2 Å². The zero-order valence-electron chi connectivity index (χ0n) is 17.9. The maximum Gasteiger partial charge on any atom is 0.341 e. The zero-order valence-corrected chi connectivity index (χ0v) is 18.7. The lowest BCUT2D eigenvalue weighted by atomic mass is 9.86. The highest BCUT2D eigenvalue weighted by molar-refractivity contribution is 7.17. The first kappa shape index (κ1) is 20.7. The summed E-state index contributed by atoms with van der Waals surface area (Å²) < 4.78 is 10.9. The van der Waals surface area contributed by atoms with Crippen molar-refractivity contribution in [3.05, 3.63) is 51.6 Å². The lowest BCUT2D eigenvalue weighted by molar-refractivity contribution is -0.115. The van der Waals surface area contributed by atoms with E-state index in [0.717, 1.165) is 41.4 Å². The molecule has 1 aromatic carbocycles. The van der Waals surface area contributed by atoms with Crippen LogP contribution in [0.1, 0.15) is 66.0 Å². The Morgan fingerprint density at radius 3 is 2.77 bits per heavy atom. The second-order valence-electron chi connectivity index (χ2n) is 8.73. The number of anilines is 1. The molecule has 0 aliphatic heterocycles. The molecular weight excluding hydrogens is 398 g/mol. The van der Waals surface area contributed by atoms with E-state index in [1.807, 2.05) is 6.07 Å². The Balaban J connectivity index is 1.58. The van der Waals surface area contributed by atoms with Gasteiger partial charge >= 0.3 is 5.97 Å². The number of hydrogen-bond donors (Lipinski definition) is 1. The standard InChI is InChI=1S/C24H27NO4S/c1-5-28-23(27)21-16-7-6-8-19(16)30-22(21)25-20(26)11-14-13-29-18-10-9-15(12-17(14)18)24(2,3)4/h9-10,12-13H,5-8,11H2,1-4H3,(H,25,26). The van der Waals surface area contributed by atoms with E-state index in [1.54, 1.807) is 13.2 Å². The largest absolute Gasteiger partial charge is 0.464 e. The van der Waals surface area contributed by atoms with Crippen LogP contribution in [0.2, 0.25) is 0 Å². The molecule has 0 fully saturated rings. The Morgan fingerprint density at radius 2 is 2.03 bits per heavy atom. The van der Waals surface area contributed by atoms with Crippen LogP contribution in [0, 0.1) is 0 Å². The molecule has 0 saturated heterocycles. The average Bonchev–Trinajstić information content (AvgIpc) is 3.35. The maximum atomic E-state index is 12.9. The highest BCUT2D eigenvalue weighted by Crippen LogP contribution is 2.39. The highest BCUT2D eigenvalue weighted by Gasteiger charge is 2.28. The van der Waals surface area contributed by atoms with Gasteiger partial charge in [-0.3, -0.25) is 4.79 Å². The molecule has 0 unspecified atom stereocenters. The van der Waals surface area contributed by atoms with Crippen LogP contribution in [0.25, 0.3) is 11.0 Å². The second kappa shape index (κ2) is 7.91. The van der Waals surface area contributed by atoms with Crippen LogP contribution in [0.4, 0.5) is 5.00 Å². The first-order valence-electron chi connectivity index (χ1n) is 10.4. The predicted molar refractivity (Wildman–Crippen MR) is 120 cm³/mol. The summed E-state index contributed by atoms with van der Waals surface area (Å²) in [5.41, 5.74) is 4.39. The first-order chi connectivity index (χ1) is 14.3. The molecular formula is C24H27NO4S. The van der Waals surface area contributed by atoms with Crippen LogP contribution in [0.3, 0.4) is 0 Å². The summed E-state index contributed by atoms with van der Waals surface area (Å²) in [6.07, 6.45) is 4.68. The van der Waals surface area contributed by atoms with Gasteiger partial charge in [-0.05, 0) is 54.9 Å². The van der Waals surface area contributed by atoms with Gasteiger partial charge in [0.2, 0.25) is 5.91 Å². The Bertz CT molecular complexity index is 1120. The van der Waals surface area contributed by atoms with Gasteiger partial charge in [-0.15, -0.1) is 11.3 Å². The topological polar surface area (TPSA) is 68.5 Å². The third-order valence-electron chi connectivity index (χ3n) is 5.52. The Kier molecular flexibility index (Phi) is 5.45. The van der Waals surface area contributed by atoms with Gasteiger partial charge in [-0.25, -0.2) is 4.79 Å². The smallest absolute Gasteiger partial charge is 0.341 e. The van der Waals surface area contributed by atoms with Crippen molar-refractivity contribution in [2.75, 3.05) is 11.9 Å². The van der Waals surface area contributed by atoms with Crippen LogP contribution < -0.4 is 5.32 Å². The number of carbonyl (C=O) groups excluding carboxylic acids is 2. The van der Waals surface area contributed by atoms with Crippen LogP contribution >= 0.6 is 11.3 Å². The van der Waals surface area contributed by atoms with Gasteiger partial charge in [-0.2, -0.15) is 0 Å². The van der Waals surface area contributed by atoms with Gasteiger partial charge in [0, 0.05) is 15.8 Å². The van der Waals surface area contributed by atoms with Crippen LogP contribution in [0.5, 0.6) is 0 Å². The number of fused-ring (bicyclic) bond motifs is 2. The van der Waals surface area contributed by atoms with Gasteiger partial charge < -0.3 is 14.5 Å². The lowest BCUT2D eigenvalue weighted by Gasteiger charge is -2.18. The van der Waals surface area contributed by atoms with E-state index >= 15 is 0 Å². The van der Waals surface area contributed by atoms with Crippen molar-refractivity contribution < 1.29 is 18.7 Å². The van der Waals surface area contributed by atoms with Crippen molar-refractivity contribution in [1.29, 1.82) is 0 Å². The van der Waals surface area contributed by atoms with Gasteiger partial charge in [0.05, 0.1) is 24.9 Å². The van der Waals surface area contributed by atoms with E-state index in [0.29, 0.717) is 17.2 Å². The highest BCUT2D eigenvalue weighted by atomic mass is 32.1. The predicted octanol–water partition coefficient (Wildman–Crippen LogP) is 5.64. The second-order valence-corrected chi connectivity index (χ2v) is 9.83. The van der Waals surface area contributed by atoms with Crippen molar-refractivity contribution in [1.82, 2.24) is 0 Å². The van der Waals surface area contributed by atoms with Crippen LogP contribution in [0.15, 0.2) is 28.9 Å². The number of hydrogen-bond acceptors (Lipinski definition) is 5. The maximum absolute atomic E-state index is 12.9. The SMILES string of the molecule is CCOC(=O)c1c(NC(=O)Cc2coc3ccc(C(C)(C)C)cc23)sc2c1CCC2. The summed E-state index contributed by atoms with van der Waals surface area (Å²) in [7, 11) is 0. The molecule has 3 aromatic rings. The molecule has 0 saturated carbocycles. The number of nitrogens with one attached hydrogen (secondary N) is 1. The number of aryl methyl sites for hydroxylation is 1. The average molecular weight is 426 g/mol. The number of ether oxygens (including phenoxy) is 1. The molecule has 158 valence electrons. The normalized spacial score (nSPS) is 13.5. The fraction of sp³-hybridized carbons (Fsp3) is 0.417. The van der Waals surface area contributed by atoms with Crippen molar-refractivity contribution in [3.63, 3.8) is 0 Å². The number of carbonyl (C=O) groups is 2. The van der Waals surface area contributed by atoms with Crippen molar-refractivity contribution in [3.8, 4) is 0 Å². The minimum atomic E-state index is -0.351. The number of furan rings is 1. The molecule has 4 rings (SSSR count). The third kappa shape index (κ3) is 3.88. The Morgan fingerprint density at radius 1 is 1.23 bits per heavy atom. The van der Waals surface area contributed by atoms with E-state index in [4.69, 9.17) is 9.15 Å². The summed E-state index contributed by atoms with van der Waals surface area (Å²) in [6.45, 7) is 8.58. The molecule has 1 aliphatic carbocycles.